The number of hydrogen-bond donors (Lipinski definition) is 1. The number of amides is 1. The number of nitrogens with zero attached hydrogens (tertiary/aromatic N) is 1. The number of methoxy groups -OCH3 is 2. The average Bonchev–Trinajstić information content (AvgIpc) is 3.33. The summed E-state index contributed by atoms with van der Waals surface area (Å²) in [4.78, 5) is 15.0. The number of nitrogens with one attached hydrogen (secondary N) is 1. The Hall–Kier alpha value is -2.70. The van der Waals surface area contributed by atoms with Crippen molar-refractivity contribution in [3.05, 3.63) is 58.6 Å². The minimum Gasteiger partial charge on any atom is -0.497 e. The maximum Gasteiger partial charge on any atom is 0.244 e. The lowest BCUT2D eigenvalue weighted by Crippen LogP contribution is -2.36. The van der Waals surface area contributed by atoms with Gasteiger partial charge in [0.1, 0.15) is 5.75 Å². The van der Waals surface area contributed by atoms with Crippen LogP contribution in [0.3, 0.4) is 0 Å². The normalized spacial score (nSPS) is 15.0. The molecule has 1 heterocycles. The zero-order valence-corrected chi connectivity index (χ0v) is 19.7. The van der Waals surface area contributed by atoms with Gasteiger partial charge < -0.3 is 19.5 Å². The minimum atomic E-state index is -0.165. The van der Waals surface area contributed by atoms with E-state index in [9.17, 15) is 4.79 Å². The summed E-state index contributed by atoms with van der Waals surface area (Å²) in [5.41, 5.74) is 1.90. The molecule has 3 rings (SSSR count). The Morgan fingerprint density at radius 3 is 2.66 bits per heavy atom. The average molecular weight is 459 g/mol. The molecular formula is C25H31ClN2O4. The third kappa shape index (κ3) is 6.17. The number of carbonyl (C=O) groups excluding carboxylic acids is 1. The summed E-state index contributed by atoms with van der Waals surface area (Å²) in [6, 6.07) is 11.7. The summed E-state index contributed by atoms with van der Waals surface area (Å²) >= 11 is 6.30. The minimum absolute atomic E-state index is 0.102. The Morgan fingerprint density at radius 2 is 1.97 bits per heavy atom. The van der Waals surface area contributed by atoms with Gasteiger partial charge in [0.2, 0.25) is 5.91 Å². The highest BCUT2D eigenvalue weighted by atomic mass is 35.5. The molecular weight excluding hydrogens is 428 g/mol. The Bertz CT molecular complexity index is 942. The topological polar surface area (TPSA) is 60.0 Å². The molecule has 1 aliphatic rings. The molecule has 0 aromatic heterocycles. The van der Waals surface area contributed by atoms with Gasteiger partial charge >= 0.3 is 0 Å². The number of halogens is 1. The van der Waals surface area contributed by atoms with Crippen LogP contribution in [0.25, 0.3) is 6.08 Å². The lowest BCUT2D eigenvalue weighted by Gasteiger charge is -2.28. The van der Waals surface area contributed by atoms with Crippen molar-refractivity contribution < 1.29 is 19.0 Å². The van der Waals surface area contributed by atoms with Crippen molar-refractivity contribution in [2.75, 3.05) is 40.5 Å². The fourth-order valence-corrected chi connectivity index (χ4v) is 4.23. The Kier molecular flexibility index (Phi) is 8.82. The number of likely N-dealkylation sites (tertiary alicyclic amines) is 1. The quantitative estimate of drug-likeness (QED) is 0.522. The van der Waals surface area contributed by atoms with Crippen LogP contribution < -0.4 is 19.5 Å². The summed E-state index contributed by atoms with van der Waals surface area (Å²) in [7, 11) is 3.21. The molecule has 0 spiro atoms. The first kappa shape index (κ1) is 24.0. The SMILES string of the molecule is CCOc1cc(/C=C/C(=O)NCC(c2cccc(OC)c2)N2CCCC2)cc(Cl)c1OC. The molecule has 2 aromatic carbocycles. The number of benzene rings is 2. The van der Waals surface area contributed by atoms with E-state index in [-0.39, 0.29) is 11.9 Å². The predicted molar refractivity (Wildman–Crippen MR) is 128 cm³/mol. The van der Waals surface area contributed by atoms with Crippen LogP contribution in [-0.4, -0.2) is 51.3 Å². The molecule has 1 unspecified atom stereocenters. The second-order valence-electron chi connectivity index (χ2n) is 7.58. The van der Waals surface area contributed by atoms with Crippen molar-refractivity contribution in [3.8, 4) is 17.2 Å². The summed E-state index contributed by atoms with van der Waals surface area (Å²) in [6.45, 7) is 4.95. The number of carbonyl (C=O) groups is 1. The van der Waals surface area contributed by atoms with Crippen LogP contribution in [-0.2, 0) is 4.79 Å². The van der Waals surface area contributed by atoms with Gasteiger partial charge in [0.15, 0.2) is 11.5 Å². The van der Waals surface area contributed by atoms with Gasteiger partial charge in [-0.15, -0.1) is 0 Å². The van der Waals surface area contributed by atoms with Crippen molar-refractivity contribution in [1.29, 1.82) is 0 Å². The number of ether oxygens (including phenoxy) is 3. The largest absolute Gasteiger partial charge is 0.497 e. The summed E-state index contributed by atoms with van der Waals surface area (Å²) in [6.07, 6.45) is 5.59. The lowest BCUT2D eigenvalue weighted by molar-refractivity contribution is -0.116. The lowest BCUT2D eigenvalue weighted by atomic mass is 10.0. The van der Waals surface area contributed by atoms with Crippen molar-refractivity contribution in [2.24, 2.45) is 0 Å². The van der Waals surface area contributed by atoms with E-state index in [2.05, 4.69) is 16.3 Å². The number of rotatable bonds is 10. The van der Waals surface area contributed by atoms with Gasteiger partial charge in [0.05, 0.1) is 31.9 Å². The van der Waals surface area contributed by atoms with Gasteiger partial charge in [0, 0.05) is 12.6 Å². The fraction of sp³-hybridized carbons (Fsp3) is 0.400. The van der Waals surface area contributed by atoms with Gasteiger partial charge in [-0.1, -0.05) is 23.7 Å². The monoisotopic (exact) mass is 458 g/mol. The van der Waals surface area contributed by atoms with Crippen LogP contribution in [0.4, 0.5) is 0 Å². The maximum atomic E-state index is 12.6. The molecule has 1 atom stereocenters. The van der Waals surface area contributed by atoms with Crippen molar-refractivity contribution in [2.45, 2.75) is 25.8 Å². The van der Waals surface area contributed by atoms with Crippen molar-refractivity contribution in [1.82, 2.24) is 10.2 Å². The zero-order chi connectivity index (χ0) is 22.9. The highest BCUT2D eigenvalue weighted by molar-refractivity contribution is 6.32. The first-order valence-corrected chi connectivity index (χ1v) is 11.3. The molecule has 1 saturated heterocycles. The third-order valence-electron chi connectivity index (χ3n) is 5.49. The van der Waals surface area contributed by atoms with Crippen LogP contribution in [0.1, 0.15) is 36.9 Å². The molecule has 1 aliphatic heterocycles. The van der Waals surface area contributed by atoms with Crippen LogP contribution in [0.2, 0.25) is 5.02 Å². The van der Waals surface area contributed by atoms with Crippen molar-refractivity contribution in [3.63, 3.8) is 0 Å². The molecule has 2 aromatic rings. The molecule has 32 heavy (non-hydrogen) atoms. The van der Waals surface area contributed by atoms with Crippen LogP contribution in [0.5, 0.6) is 17.2 Å². The number of hydrogen-bond acceptors (Lipinski definition) is 5. The van der Waals surface area contributed by atoms with E-state index in [1.165, 1.54) is 18.9 Å². The summed E-state index contributed by atoms with van der Waals surface area (Å²) < 4.78 is 16.3. The van der Waals surface area contributed by atoms with E-state index in [0.29, 0.717) is 29.7 Å². The highest BCUT2D eigenvalue weighted by Gasteiger charge is 2.24. The molecule has 1 amide bonds. The molecule has 0 radical (unpaired) electrons. The third-order valence-corrected chi connectivity index (χ3v) is 5.77. The van der Waals surface area contributed by atoms with Crippen molar-refractivity contribution >= 4 is 23.6 Å². The molecule has 1 fully saturated rings. The molecule has 172 valence electrons. The predicted octanol–water partition coefficient (Wildman–Crippen LogP) is 4.72. The van der Waals surface area contributed by atoms with E-state index in [1.54, 1.807) is 32.4 Å². The van der Waals surface area contributed by atoms with Gasteiger partial charge in [-0.05, 0) is 74.3 Å². The highest BCUT2D eigenvalue weighted by Crippen LogP contribution is 2.36. The van der Waals surface area contributed by atoms with Gasteiger partial charge in [0.25, 0.3) is 0 Å². The van der Waals surface area contributed by atoms with Gasteiger partial charge in [-0.25, -0.2) is 0 Å². The molecule has 6 nitrogen and oxygen atoms in total. The maximum absolute atomic E-state index is 12.6. The summed E-state index contributed by atoms with van der Waals surface area (Å²) in [5, 5.41) is 3.48. The fourth-order valence-electron chi connectivity index (χ4n) is 3.93. The van der Waals surface area contributed by atoms with E-state index in [4.69, 9.17) is 25.8 Å². The second-order valence-corrected chi connectivity index (χ2v) is 7.99. The zero-order valence-electron chi connectivity index (χ0n) is 18.9. The van der Waals surface area contributed by atoms with E-state index >= 15 is 0 Å². The molecule has 7 heteroatoms. The standard InChI is InChI=1S/C25H31ClN2O4/c1-4-32-23-15-18(14-21(26)25(23)31-3)10-11-24(29)27-17-22(28-12-5-6-13-28)19-8-7-9-20(16-19)30-2/h7-11,14-16,22H,4-6,12-13,17H2,1-3H3,(H,27,29)/b11-10+. The van der Waals surface area contributed by atoms with E-state index in [0.717, 1.165) is 30.0 Å². The molecule has 1 N–H and O–H groups in total. The Morgan fingerprint density at radius 1 is 1.19 bits per heavy atom. The first-order chi connectivity index (χ1) is 15.5. The van der Waals surface area contributed by atoms with E-state index < -0.39 is 0 Å². The first-order valence-electron chi connectivity index (χ1n) is 10.9. The van der Waals surface area contributed by atoms with Gasteiger partial charge in [-0.3, -0.25) is 9.69 Å². The summed E-state index contributed by atoms with van der Waals surface area (Å²) in [5.74, 6) is 1.69. The smallest absolute Gasteiger partial charge is 0.244 e. The Labute approximate surface area is 195 Å². The molecule has 0 saturated carbocycles. The van der Waals surface area contributed by atoms with E-state index in [1.807, 2.05) is 25.1 Å². The Balaban J connectivity index is 1.69. The van der Waals surface area contributed by atoms with Crippen LogP contribution in [0.15, 0.2) is 42.5 Å². The molecule has 0 aliphatic carbocycles. The van der Waals surface area contributed by atoms with Crippen LogP contribution in [0, 0.1) is 0 Å². The second kappa shape index (κ2) is 11.8. The van der Waals surface area contributed by atoms with Crippen LogP contribution >= 0.6 is 11.6 Å². The molecule has 0 bridgehead atoms. The van der Waals surface area contributed by atoms with Gasteiger partial charge in [-0.2, -0.15) is 0 Å².